The molecule has 1 aromatic carbocycles. The molecule has 2 aliphatic carbocycles. The Balaban J connectivity index is 2.10. The van der Waals surface area contributed by atoms with Crippen LogP contribution in [-0.4, -0.2) is 12.4 Å². The Morgan fingerprint density at radius 3 is 2.09 bits per heavy atom. The molecule has 122 valence electrons. The maximum Gasteiger partial charge on any atom is 0.395 e. The molecule has 0 aliphatic heterocycles. The zero-order valence-corrected chi connectivity index (χ0v) is 12.1. The second-order valence-corrected chi connectivity index (χ2v) is 6.65. The molecular weight excluding hydrogens is 306 g/mol. The third-order valence-corrected chi connectivity index (χ3v) is 5.60. The molecule has 2 aliphatic rings. The molecule has 0 N–H and O–H groups in total. The predicted molar refractivity (Wildman–Crippen MR) is 69.2 cm³/mol. The summed E-state index contributed by atoms with van der Waals surface area (Å²) in [5.74, 6) is -4.74. The predicted octanol–water partition coefficient (Wildman–Crippen LogP) is 5.48. The Kier molecular flexibility index (Phi) is 3.15. The van der Waals surface area contributed by atoms with Gasteiger partial charge in [-0.2, -0.15) is 26.3 Å². The molecule has 5 unspecified atom stereocenters. The van der Waals surface area contributed by atoms with Crippen LogP contribution in [0.5, 0.6) is 0 Å². The highest BCUT2D eigenvalue weighted by atomic mass is 19.4. The summed E-state index contributed by atoms with van der Waals surface area (Å²) in [4.78, 5) is 0. The average molecular weight is 322 g/mol. The Morgan fingerprint density at radius 1 is 1.05 bits per heavy atom. The average Bonchev–Trinajstić information content (AvgIpc) is 2.31. The van der Waals surface area contributed by atoms with E-state index in [9.17, 15) is 26.3 Å². The van der Waals surface area contributed by atoms with Gasteiger partial charge in [0.25, 0.3) is 0 Å². The van der Waals surface area contributed by atoms with Gasteiger partial charge in [0, 0.05) is 5.92 Å². The lowest BCUT2D eigenvalue weighted by atomic mass is 9.32. The molecule has 0 spiro atoms. The van der Waals surface area contributed by atoms with Gasteiger partial charge in [0.15, 0.2) is 0 Å². The molecule has 3 rings (SSSR count). The van der Waals surface area contributed by atoms with Crippen molar-refractivity contribution in [3.05, 3.63) is 35.4 Å². The first-order valence-corrected chi connectivity index (χ1v) is 7.21. The number of benzene rings is 1. The summed E-state index contributed by atoms with van der Waals surface area (Å²) in [5, 5.41) is 0. The van der Waals surface area contributed by atoms with Gasteiger partial charge < -0.3 is 0 Å². The van der Waals surface area contributed by atoms with E-state index in [1.807, 2.05) is 0 Å². The Bertz CT molecular complexity index is 587. The van der Waals surface area contributed by atoms with Crippen LogP contribution in [-0.2, 0) is 0 Å². The zero-order chi connectivity index (χ0) is 16.5. The van der Waals surface area contributed by atoms with Crippen molar-refractivity contribution in [3.8, 4) is 0 Å². The molecule has 0 aromatic heterocycles. The Morgan fingerprint density at radius 2 is 1.64 bits per heavy atom. The summed E-state index contributed by atoms with van der Waals surface area (Å²) >= 11 is 0. The van der Waals surface area contributed by atoms with E-state index in [0.29, 0.717) is 11.1 Å². The van der Waals surface area contributed by atoms with Crippen molar-refractivity contribution in [1.29, 1.82) is 0 Å². The van der Waals surface area contributed by atoms with Gasteiger partial charge in [-0.1, -0.05) is 31.2 Å². The molecule has 0 nitrogen and oxygen atoms in total. The van der Waals surface area contributed by atoms with Crippen molar-refractivity contribution in [2.45, 2.75) is 38.5 Å². The number of alkyl halides is 6. The minimum Gasteiger partial charge on any atom is -0.171 e. The number of hydrogen-bond donors (Lipinski definition) is 0. The first-order chi connectivity index (χ1) is 10.0. The standard InChI is InChI=1S/C16H16F6/c1-8-5-3-4-6-10(8)11-12-9(2)7-14(12,16(20,21)22)13(11)15(17,18)19/h3-6,9,11-13H,7H2,1-2H3. The second kappa shape index (κ2) is 4.42. The van der Waals surface area contributed by atoms with E-state index in [-0.39, 0.29) is 5.92 Å². The normalized spacial score (nSPS) is 38.0. The van der Waals surface area contributed by atoms with Gasteiger partial charge in [0.1, 0.15) is 0 Å². The summed E-state index contributed by atoms with van der Waals surface area (Å²) in [6.45, 7) is 3.27. The molecule has 2 fully saturated rings. The Labute approximate surface area is 124 Å². The highest BCUT2D eigenvalue weighted by Crippen LogP contribution is 2.81. The molecule has 6 heteroatoms. The maximum atomic E-state index is 13.4. The van der Waals surface area contributed by atoms with Gasteiger partial charge >= 0.3 is 12.4 Å². The van der Waals surface area contributed by atoms with Gasteiger partial charge in [-0.05, 0) is 36.3 Å². The summed E-state index contributed by atoms with van der Waals surface area (Å²) in [6.07, 6.45) is -10.1. The summed E-state index contributed by atoms with van der Waals surface area (Å²) < 4.78 is 80.6. The van der Waals surface area contributed by atoms with E-state index in [1.54, 1.807) is 32.0 Å². The van der Waals surface area contributed by atoms with E-state index in [2.05, 4.69) is 0 Å². The van der Waals surface area contributed by atoms with Crippen LogP contribution in [0, 0.1) is 30.1 Å². The van der Waals surface area contributed by atoms with Gasteiger partial charge in [-0.15, -0.1) is 0 Å². The van der Waals surface area contributed by atoms with Crippen molar-refractivity contribution in [1.82, 2.24) is 0 Å². The molecule has 0 radical (unpaired) electrons. The van der Waals surface area contributed by atoms with Gasteiger partial charge in [-0.3, -0.25) is 0 Å². The van der Waals surface area contributed by atoms with Gasteiger partial charge in [0.05, 0.1) is 11.3 Å². The van der Waals surface area contributed by atoms with E-state index in [0.717, 1.165) is 0 Å². The van der Waals surface area contributed by atoms with Crippen LogP contribution in [0.3, 0.4) is 0 Å². The molecule has 5 atom stereocenters. The number of rotatable bonds is 1. The highest BCUT2D eigenvalue weighted by molar-refractivity contribution is 5.38. The topological polar surface area (TPSA) is 0 Å². The molecule has 0 saturated heterocycles. The maximum absolute atomic E-state index is 13.4. The van der Waals surface area contributed by atoms with Crippen molar-refractivity contribution in [2.24, 2.45) is 23.2 Å². The quantitative estimate of drug-likeness (QED) is 0.601. The monoisotopic (exact) mass is 322 g/mol. The van der Waals surface area contributed by atoms with Crippen LogP contribution < -0.4 is 0 Å². The molecular formula is C16H16F6. The number of halogens is 6. The summed E-state index contributed by atoms with van der Waals surface area (Å²) in [6, 6.07) is 6.46. The van der Waals surface area contributed by atoms with Crippen molar-refractivity contribution in [3.63, 3.8) is 0 Å². The molecule has 22 heavy (non-hydrogen) atoms. The van der Waals surface area contributed by atoms with Crippen LogP contribution in [0.15, 0.2) is 24.3 Å². The molecule has 0 bridgehead atoms. The van der Waals surface area contributed by atoms with E-state index < -0.39 is 41.9 Å². The number of fused-ring (bicyclic) bond motifs is 1. The minimum absolute atomic E-state index is 0.343. The van der Waals surface area contributed by atoms with E-state index in [1.165, 1.54) is 6.07 Å². The van der Waals surface area contributed by atoms with Crippen molar-refractivity contribution in [2.75, 3.05) is 0 Å². The largest absolute Gasteiger partial charge is 0.395 e. The van der Waals surface area contributed by atoms with Gasteiger partial charge in [-0.25, -0.2) is 0 Å². The van der Waals surface area contributed by atoms with Crippen LogP contribution in [0.4, 0.5) is 26.3 Å². The first-order valence-electron chi connectivity index (χ1n) is 7.21. The highest BCUT2D eigenvalue weighted by Gasteiger charge is 2.85. The third-order valence-electron chi connectivity index (χ3n) is 5.60. The van der Waals surface area contributed by atoms with Crippen molar-refractivity contribution < 1.29 is 26.3 Å². The van der Waals surface area contributed by atoms with Crippen LogP contribution in [0.25, 0.3) is 0 Å². The zero-order valence-electron chi connectivity index (χ0n) is 12.1. The lowest BCUT2D eigenvalue weighted by Gasteiger charge is -2.71. The van der Waals surface area contributed by atoms with Crippen LogP contribution in [0.2, 0.25) is 0 Å². The van der Waals surface area contributed by atoms with E-state index in [4.69, 9.17) is 0 Å². The lowest BCUT2D eigenvalue weighted by Crippen LogP contribution is -2.75. The van der Waals surface area contributed by atoms with E-state index >= 15 is 0 Å². The van der Waals surface area contributed by atoms with Crippen LogP contribution >= 0.6 is 0 Å². The number of aryl methyl sites for hydroxylation is 1. The van der Waals surface area contributed by atoms with Crippen molar-refractivity contribution >= 4 is 0 Å². The summed E-state index contributed by atoms with van der Waals surface area (Å²) in [7, 11) is 0. The van der Waals surface area contributed by atoms with Gasteiger partial charge in [0.2, 0.25) is 0 Å². The molecule has 0 heterocycles. The number of hydrogen-bond acceptors (Lipinski definition) is 0. The smallest absolute Gasteiger partial charge is 0.171 e. The minimum atomic E-state index is -4.85. The fraction of sp³-hybridized carbons (Fsp3) is 0.625. The molecule has 0 amide bonds. The SMILES string of the molecule is Cc1ccccc1C1C2C(C)CC2(C(F)(F)F)C1C(F)(F)F. The van der Waals surface area contributed by atoms with Crippen LogP contribution in [0.1, 0.15) is 30.4 Å². The first kappa shape index (κ1) is 15.7. The fourth-order valence-corrected chi connectivity index (χ4v) is 4.87. The summed E-state index contributed by atoms with van der Waals surface area (Å²) in [5.41, 5.74) is -1.56. The fourth-order valence-electron chi connectivity index (χ4n) is 4.87. The Hall–Kier alpha value is -1.20. The lowest BCUT2D eigenvalue weighted by molar-refractivity contribution is -0.414. The third kappa shape index (κ3) is 1.78. The second-order valence-electron chi connectivity index (χ2n) is 6.65. The molecule has 1 aromatic rings. The molecule has 2 saturated carbocycles.